The molecule has 0 atom stereocenters. The van der Waals surface area contributed by atoms with E-state index in [0.717, 1.165) is 10.4 Å². The smallest absolute Gasteiger partial charge is 0.331 e. The minimum absolute atomic E-state index is 0.304. The van der Waals surface area contributed by atoms with Crippen LogP contribution in [0.15, 0.2) is 47.9 Å². The van der Waals surface area contributed by atoms with E-state index < -0.39 is 5.97 Å². The second-order valence-electron chi connectivity index (χ2n) is 4.77. The fourth-order valence-electron chi connectivity index (χ4n) is 1.90. The molecule has 1 aromatic carbocycles. The highest BCUT2D eigenvalue weighted by Crippen LogP contribution is 2.19. The van der Waals surface area contributed by atoms with Crippen molar-refractivity contribution in [2.45, 2.75) is 13.5 Å². The van der Waals surface area contributed by atoms with Gasteiger partial charge in [0, 0.05) is 16.5 Å². The monoisotopic (exact) mass is 345 g/mol. The summed E-state index contributed by atoms with van der Waals surface area (Å²) >= 11 is 1.55. The van der Waals surface area contributed by atoms with E-state index in [1.807, 2.05) is 48.7 Å². The molecule has 1 aromatic heterocycles. The van der Waals surface area contributed by atoms with Gasteiger partial charge in [-0.3, -0.25) is 4.79 Å². The zero-order chi connectivity index (χ0) is 17.2. The third-order valence-electron chi connectivity index (χ3n) is 3.00. The maximum atomic E-state index is 11.7. The van der Waals surface area contributed by atoms with Crippen molar-refractivity contribution in [1.29, 1.82) is 0 Å². The normalized spacial score (nSPS) is 10.5. The molecule has 0 saturated carbocycles. The summed E-state index contributed by atoms with van der Waals surface area (Å²) in [6.45, 7) is 2.57. The predicted octanol–water partition coefficient (Wildman–Crippen LogP) is 3.02. The Balaban J connectivity index is 1.77. The molecule has 0 fully saturated rings. The van der Waals surface area contributed by atoms with Crippen LogP contribution in [0.4, 0.5) is 0 Å². The number of para-hydroxylation sites is 1. The molecule has 0 saturated heterocycles. The molecule has 2 rings (SSSR count). The largest absolute Gasteiger partial charge is 0.493 e. The number of carbonyl (C=O) groups excluding carboxylic acids is 2. The molecule has 1 N–H and O–H groups in total. The summed E-state index contributed by atoms with van der Waals surface area (Å²) in [7, 11) is 0. The molecule has 0 spiro atoms. The lowest BCUT2D eigenvalue weighted by Gasteiger charge is -2.06. The fraction of sp³-hybridized carbons (Fsp3) is 0.222. The van der Waals surface area contributed by atoms with Crippen LogP contribution in [-0.2, 0) is 20.9 Å². The first-order chi connectivity index (χ1) is 11.7. The maximum absolute atomic E-state index is 11.7. The quantitative estimate of drug-likeness (QED) is 0.590. The number of carbonyl (C=O) groups is 2. The Bertz CT molecular complexity index is 695. The molecular weight excluding hydrogens is 326 g/mol. The number of ether oxygens (including phenoxy) is 2. The van der Waals surface area contributed by atoms with Gasteiger partial charge in [0.25, 0.3) is 5.91 Å². The molecule has 0 aliphatic heterocycles. The van der Waals surface area contributed by atoms with Gasteiger partial charge in [-0.15, -0.1) is 11.3 Å². The van der Waals surface area contributed by atoms with Crippen LogP contribution in [0.3, 0.4) is 0 Å². The topological polar surface area (TPSA) is 64.6 Å². The second-order valence-corrected chi connectivity index (χ2v) is 5.80. The molecule has 126 valence electrons. The van der Waals surface area contributed by atoms with Gasteiger partial charge in [-0.25, -0.2) is 4.79 Å². The third-order valence-corrected chi connectivity index (χ3v) is 3.88. The van der Waals surface area contributed by atoms with E-state index >= 15 is 0 Å². The Morgan fingerprint density at radius 1 is 1.21 bits per heavy atom. The molecule has 2 aromatic rings. The van der Waals surface area contributed by atoms with Gasteiger partial charge in [-0.05, 0) is 30.5 Å². The molecule has 0 bridgehead atoms. The predicted molar refractivity (Wildman–Crippen MR) is 93.8 cm³/mol. The van der Waals surface area contributed by atoms with Gasteiger partial charge in [0.1, 0.15) is 5.75 Å². The standard InChI is InChI=1S/C18H19NO4S/c1-2-22-16-8-4-3-6-14(16)9-10-18(21)23-13-17(20)19-12-15-7-5-11-24-15/h3-11H,2,12-13H2,1H3,(H,19,20)/b10-9+. The first-order valence-corrected chi connectivity index (χ1v) is 8.42. The summed E-state index contributed by atoms with van der Waals surface area (Å²) in [5, 5.41) is 4.63. The van der Waals surface area contributed by atoms with Crippen molar-refractivity contribution in [2.75, 3.05) is 13.2 Å². The van der Waals surface area contributed by atoms with Crippen molar-refractivity contribution >= 4 is 29.3 Å². The van der Waals surface area contributed by atoms with E-state index in [-0.39, 0.29) is 12.5 Å². The lowest BCUT2D eigenvalue weighted by Crippen LogP contribution is -2.27. The average Bonchev–Trinajstić information content (AvgIpc) is 3.11. The number of esters is 1. The van der Waals surface area contributed by atoms with Crippen molar-refractivity contribution in [3.8, 4) is 5.75 Å². The Morgan fingerprint density at radius 3 is 2.79 bits per heavy atom. The van der Waals surface area contributed by atoms with E-state index in [4.69, 9.17) is 9.47 Å². The van der Waals surface area contributed by atoms with Crippen LogP contribution in [-0.4, -0.2) is 25.1 Å². The van der Waals surface area contributed by atoms with Crippen molar-refractivity contribution < 1.29 is 19.1 Å². The molecule has 1 heterocycles. The number of benzene rings is 1. The Hall–Kier alpha value is -2.60. The summed E-state index contributed by atoms with van der Waals surface area (Å²) in [6, 6.07) is 11.2. The van der Waals surface area contributed by atoms with Crippen LogP contribution >= 0.6 is 11.3 Å². The molecule has 24 heavy (non-hydrogen) atoms. The van der Waals surface area contributed by atoms with E-state index in [0.29, 0.717) is 18.9 Å². The van der Waals surface area contributed by atoms with Gasteiger partial charge in [-0.2, -0.15) is 0 Å². The van der Waals surface area contributed by atoms with E-state index in [1.54, 1.807) is 17.4 Å². The minimum Gasteiger partial charge on any atom is -0.493 e. The summed E-state index contributed by atoms with van der Waals surface area (Å²) in [6.07, 6.45) is 2.89. The van der Waals surface area contributed by atoms with Crippen LogP contribution in [0.25, 0.3) is 6.08 Å². The lowest BCUT2D eigenvalue weighted by atomic mass is 10.2. The molecule has 0 radical (unpaired) electrons. The van der Waals surface area contributed by atoms with Gasteiger partial charge >= 0.3 is 5.97 Å². The Labute approximate surface area is 144 Å². The highest BCUT2D eigenvalue weighted by molar-refractivity contribution is 7.09. The molecule has 5 nitrogen and oxygen atoms in total. The Morgan fingerprint density at radius 2 is 2.04 bits per heavy atom. The summed E-state index contributed by atoms with van der Waals surface area (Å²) in [5.74, 6) is -0.217. The number of hydrogen-bond donors (Lipinski definition) is 1. The molecule has 0 aliphatic rings. The zero-order valence-corrected chi connectivity index (χ0v) is 14.2. The van der Waals surface area contributed by atoms with Crippen LogP contribution < -0.4 is 10.1 Å². The first kappa shape index (κ1) is 17.7. The van der Waals surface area contributed by atoms with Crippen molar-refractivity contribution in [3.63, 3.8) is 0 Å². The second kappa shape index (κ2) is 9.52. The summed E-state index contributed by atoms with van der Waals surface area (Å²) < 4.78 is 10.4. The van der Waals surface area contributed by atoms with E-state index in [2.05, 4.69) is 5.32 Å². The van der Waals surface area contributed by atoms with Gasteiger partial charge in [-0.1, -0.05) is 24.3 Å². The van der Waals surface area contributed by atoms with Gasteiger partial charge in [0.05, 0.1) is 13.2 Å². The van der Waals surface area contributed by atoms with Crippen LogP contribution in [0.2, 0.25) is 0 Å². The SMILES string of the molecule is CCOc1ccccc1/C=C/C(=O)OCC(=O)NCc1cccs1. The van der Waals surface area contributed by atoms with Crippen LogP contribution in [0.5, 0.6) is 5.75 Å². The van der Waals surface area contributed by atoms with E-state index in [1.165, 1.54) is 6.08 Å². The number of thiophene rings is 1. The minimum atomic E-state index is -0.576. The molecule has 1 amide bonds. The van der Waals surface area contributed by atoms with Gasteiger partial charge in [0.15, 0.2) is 6.61 Å². The Kier molecular flexibility index (Phi) is 7.04. The number of amides is 1. The molecule has 0 unspecified atom stereocenters. The highest BCUT2D eigenvalue weighted by atomic mass is 32.1. The average molecular weight is 345 g/mol. The third kappa shape index (κ3) is 5.89. The number of hydrogen-bond acceptors (Lipinski definition) is 5. The van der Waals surface area contributed by atoms with Crippen molar-refractivity contribution in [2.24, 2.45) is 0 Å². The summed E-state index contributed by atoms with van der Waals surface area (Å²) in [5.41, 5.74) is 0.776. The van der Waals surface area contributed by atoms with Gasteiger partial charge in [0.2, 0.25) is 0 Å². The summed E-state index contributed by atoms with van der Waals surface area (Å²) in [4.78, 5) is 24.4. The fourth-order valence-corrected chi connectivity index (χ4v) is 2.54. The van der Waals surface area contributed by atoms with Crippen molar-refractivity contribution in [3.05, 3.63) is 58.3 Å². The first-order valence-electron chi connectivity index (χ1n) is 7.54. The van der Waals surface area contributed by atoms with Crippen LogP contribution in [0, 0.1) is 0 Å². The highest BCUT2D eigenvalue weighted by Gasteiger charge is 2.06. The molecule has 0 aliphatic carbocycles. The lowest BCUT2D eigenvalue weighted by molar-refractivity contribution is -0.143. The number of rotatable bonds is 8. The maximum Gasteiger partial charge on any atom is 0.331 e. The van der Waals surface area contributed by atoms with E-state index in [9.17, 15) is 9.59 Å². The molecule has 6 heteroatoms. The molecular formula is C18H19NO4S. The zero-order valence-electron chi connectivity index (χ0n) is 13.4. The van der Waals surface area contributed by atoms with Crippen molar-refractivity contribution in [1.82, 2.24) is 5.32 Å². The number of nitrogens with one attached hydrogen (secondary N) is 1. The van der Waals surface area contributed by atoms with Crippen LogP contribution in [0.1, 0.15) is 17.4 Å². The van der Waals surface area contributed by atoms with Gasteiger partial charge < -0.3 is 14.8 Å².